The number of aromatic nitrogens is 2. The Morgan fingerprint density at radius 3 is 2.48 bits per heavy atom. The molecule has 5 nitrogen and oxygen atoms in total. The van der Waals surface area contributed by atoms with Crippen molar-refractivity contribution in [3.63, 3.8) is 0 Å². The van der Waals surface area contributed by atoms with E-state index in [1.165, 1.54) is 32.2 Å². The van der Waals surface area contributed by atoms with E-state index in [1.807, 2.05) is 6.07 Å². The molecule has 2 aliphatic heterocycles. The molecule has 0 amide bonds. The summed E-state index contributed by atoms with van der Waals surface area (Å²) < 4.78 is 7.22. The van der Waals surface area contributed by atoms with Crippen LogP contribution >= 0.6 is 0 Å². The largest absolute Gasteiger partial charge is 0.381 e. The highest BCUT2D eigenvalue weighted by atomic mass is 16.5. The van der Waals surface area contributed by atoms with Crippen molar-refractivity contribution in [1.82, 2.24) is 14.7 Å². The summed E-state index contributed by atoms with van der Waals surface area (Å²) in [6, 6.07) is 3.93. The van der Waals surface area contributed by atoms with Crippen molar-refractivity contribution in [1.29, 1.82) is 0 Å². The summed E-state index contributed by atoms with van der Waals surface area (Å²) in [6.07, 6.45) is 6.95. The van der Waals surface area contributed by atoms with Gasteiger partial charge in [-0.2, -0.15) is 5.10 Å². The number of hydrogen-bond donors (Lipinski definition) is 0. The molecule has 0 aromatic carbocycles. The third-order valence-electron chi connectivity index (χ3n) is 5.60. The number of ether oxygens (including phenoxy) is 1. The monoisotopic (exact) mass is 317 g/mol. The summed E-state index contributed by atoms with van der Waals surface area (Å²) in [5.41, 5.74) is 1.19. The van der Waals surface area contributed by atoms with Gasteiger partial charge in [0.05, 0.1) is 11.7 Å². The minimum absolute atomic E-state index is 0.0669. The summed E-state index contributed by atoms with van der Waals surface area (Å²) in [6.45, 7) is 5.22. The maximum absolute atomic E-state index is 12.2. The summed E-state index contributed by atoms with van der Waals surface area (Å²) in [7, 11) is 0. The molecule has 2 saturated heterocycles. The second-order valence-corrected chi connectivity index (χ2v) is 7.40. The van der Waals surface area contributed by atoms with Gasteiger partial charge in [0.2, 0.25) is 0 Å². The molecule has 126 valence electrons. The van der Waals surface area contributed by atoms with Crippen LogP contribution in [-0.4, -0.2) is 47.5 Å². The Hall–Kier alpha value is -1.20. The van der Waals surface area contributed by atoms with Crippen LogP contribution in [0.1, 0.15) is 56.2 Å². The van der Waals surface area contributed by atoms with E-state index >= 15 is 0 Å². The van der Waals surface area contributed by atoms with Gasteiger partial charge in [0, 0.05) is 44.8 Å². The Balaban J connectivity index is 1.35. The average molecular weight is 317 g/mol. The van der Waals surface area contributed by atoms with Gasteiger partial charge in [-0.25, -0.2) is 4.68 Å². The summed E-state index contributed by atoms with van der Waals surface area (Å²) in [5, 5.41) is 4.67. The fraction of sp³-hybridized carbons (Fsp3) is 0.778. The highest BCUT2D eigenvalue weighted by Gasteiger charge is 2.28. The Kier molecular flexibility index (Phi) is 4.49. The number of hydrogen-bond acceptors (Lipinski definition) is 4. The second kappa shape index (κ2) is 6.73. The van der Waals surface area contributed by atoms with Gasteiger partial charge < -0.3 is 9.64 Å². The van der Waals surface area contributed by atoms with E-state index in [2.05, 4.69) is 10.00 Å². The number of piperidine rings is 1. The third-order valence-corrected chi connectivity index (χ3v) is 5.60. The number of rotatable bonds is 4. The maximum Gasteiger partial charge on any atom is 0.267 e. The maximum atomic E-state index is 12.2. The van der Waals surface area contributed by atoms with E-state index in [1.54, 1.807) is 10.7 Å². The smallest absolute Gasteiger partial charge is 0.267 e. The molecular formula is C18H27N3O2. The fourth-order valence-electron chi connectivity index (χ4n) is 3.94. The lowest BCUT2D eigenvalue weighted by Crippen LogP contribution is -2.41. The van der Waals surface area contributed by atoms with Crippen LogP contribution in [0.3, 0.4) is 0 Å². The predicted octanol–water partition coefficient (Wildman–Crippen LogP) is 2.18. The Labute approximate surface area is 137 Å². The molecule has 1 aromatic rings. The molecule has 0 unspecified atom stereocenters. The highest BCUT2D eigenvalue weighted by Crippen LogP contribution is 2.38. The van der Waals surface area contributed by atoms with Crippen LogP contribution < -0.4 is 5.56 Å². The Morgan fingerprint density at radius 2 is 1.78 bits per heavy atom. The zero-order chi connectivity index (χ0) is 15.6. The standard InChI is InChI=1S/C18H27N3O2/c22-18-4-3-17(15-1-2-15)19-21(18)16-5-9-20(10-6-16)13-14-7-11-23-12-8-14/h3-4,14-16H,1-2,5-13H2. The predicted molar refractivity (Wildman–Crippen MR) is 88.7 cm³/mol. The number of likely N-dealkylation sites (tertiary alicyclic amines) is 1. The molecular weight excluding hydrogens is 290 g/mol. The van der Waals surface area contributed by atoms with Crippen LogP contribution in [0.2, 0.25) is 0 Å². The van der Waals surface area contributed by atoms with Crippen LogP contribution in [0.25, 0.3) is 0 Å². The summed E-state index contributed by atoms with van der Waals surface area (Å²) in [4.78, 5) is 14.8. The minimum atomic E-state index is 0.0669. The molecule has 4 rings (SSSR count). The lowest BCUT2D eigenvalue weighted by molar-refractivity contribution is 0.0466. The topological polar surface area (TPSA) is 47.4 Å². The molecule has 3 aliphatic rings. The van der Waals surface area contributed by atoms with Crippen molar-refractivity contribution in [3.8, 4) is 0 Å². The molecule has 0 N–H and O–H groups in total. The molecule has 1 aliphatic carbocycles. The zero-order valence-electron chi connectivity index (χ0n) is 13.8. The van der Waals surface area contributed by atoms with Crippen molar-refractivity contribution in [2.75, 3.05) is 32.8 Å². The average Bonchev–Trinajstić information content (AvgIpc) is 3.42. The van der Waals surface area contributed by atoms with Gasteiger partial charge >= 0.3 is 0 Å². The SMILES string of the molecule is O=c1ccc(C2CC2)nn1C1CCN(CC2CCOCC2)CC1. The minimum Gasteiger partial charge on any atom is -0.381 e. The molecule has 0 bridgehead atoms. The fourth-order valence-corrected chi connectivity index (χ4v) is 3.94. The molecule has 3 fully saturated rings. The normalized spacial score (nSPS) is 24.9. The molecule has 0 radical (unpaired) electrons. The lowest BCUT2D eigenvalue weighted by Gasteiger charge is -2.35. The first-order valence-corrected chi connectivity index (χ1v) is 9.19. The van der Waals surface area contributed by atoms with Crippen molar-refractivity contribution in [3.05, 3.63) is 28.2 Å². The van der Waals surface area contributed by atoms with E-state index in [0.717, 1.165) is 50.8 Å². The molecule has 1 saturated carbocycles. The van der Waals surface area contributed by atoms with Crippen LogP contribution in [0.4, 0.5) is 0 Å². The van der Waals surface area contributed by atoms with Gasteiger partial charge in [-0.1, -0.05) is 0 Å². The summed E-state index contributed by atoms with van der Waals surface area (Å²) in [5.74, 6) is 1.40. The third kappa shape index (κ3) is 3.66. The highest BCUT2D eigenvalue weighted by molar-refractivity contribution is 5.12. The first kappa shape index (κ1) is 15.3. The van der Waals surface area contributed by atoms with Crippen LogP contribution in [0.5, 0.6) is 0 Å². The zero-order valence-corrected chi connectivity index (χ0v) is 13.8. The van der Waals surface area contributed by atoms with Gasteiger partial charge in [0.25, 0.3) is 5.56 Å². The molecule has 5 heteroatoms. The Morgan fingerprint density at radius 1 is 1.04 bits per heavy atom. The van der Waals surface area contributed by atoms with E-state index in [-0.39, 0.29) is 11.6 Å². The Bertz CT molecular complexity index is 582. The molecule has 23 heavy (non-hydrogen) atoms. The first-order chi connectivity index (χ1) is 11.3. The van der Waals surface area contributed by atoms with Gasteiger partial charge in [0.1, 0.15) is 0 Å². The van der Waals surface area contributed by atoms with Crippen molar-refractivity contribution in [2.45, 2.75) is 50.5 Å². The quantitative estimate of drug-likeness (QED) is 0.854. The van der Waals surface area contributed by atoms with Crippen molar-refractivity contribution >= 4 is 0 Å². The molecule has 0 spiro atoms. The van der Waals surface area contributed by atoms with Gasteiger partial charge in [-0.15, -0.1) is 0 Å². The van der Waals surface area contributed by atoms with E-state index in [9.17, 15) is 4.79 Å². The van der Waals surface area contributed by atoms with Gasteiger partial charge in [-0.05, 0) is 50.5 Å². The first-order valence-electron chi connectivity index (χ1n) is 9.19. The molecule has 0 atom stereocenters. The van der Waals surface area contributed by atoms with Crippen molar-refractivity contribution < 1.29 is 4.74 Å². The van der Waals surface area contributed by atoms with Crippen LogP contribution in [0.15, 0.2) is 16.9 Å². The van der Waals surface area contributed by atoms with Gasteiger partial charge in [-0.3, -0.25) is 4.79 Å². The van der Waals surface area contributed by atoms with Crippen LogP contribution in [0, 0.1) is 5.92 Å². The van der Waals surface area contributed by atoms with E-state index in [4.69, 9.17) is 4.74 Å². The summed E-state index contributed by atoms with van der Waals surface area (Å²) >= 11 is 0. The second-order valence-electron chi connectivity index (χ2n) is 7.40. The molecule has 1 aromatic heterocycles. The molecule has 3 heterocycles. The van der Waals surface area contributed by atoms with Gasteiger partial charge in [0.15, 0.2) is 0 Å². The van der Waals surface area contributed by atoms with E-state index in [0.29, 0.717) is 5.92 Å². The van der Waals surface area contributed by atoms with E-state index < -0.39 is 0 Å². The van der Waals surface area contributed by atoms with Crippen LogP contribution in [-0.2, 0) is 4.74 Å². The number of nitrogens with zero attached hydrogens (tertiary/aromatic N) is 3. The van der Waals surface area contributed by atoms with Crippen molar-refractivity contribution in [2.24, 2.45) is 5.92 Å². The lowest BCUT2D eigenvalue weighted by atomic mass is 9.97.